The lowest BCUT2D eigenvalue weighted by Crippen LogP contribution is -2.33. The number of amides is 1. The number of nitrogens with zero attached hydrogens (tertiary/aromatic N) is 1. The van der Waals surface area contributed by atoms with Gasteiger partial charge in [0, 0.05) is 25.2 Å². The van der Waals surface area contributed by atoms with Crippen molar-refractivity contribution in [1.82, 2.24) is 14.9 Å². The molecule has 2 rings (SSSR count). The van der Waals surface area contributed by atoms with E-state index in [1.165, 1.54) is 12.1 Å². The van der Waals surface area contributed by atoms with E-state index in [0.717, 1.165) is 18.7 Å². The zero-order chi connectivity index (χ0) is 19.0. The van der Waals surface area contributed by atoms with Gasteiger partial charge in [0.25, 0.3) is 5.91 Å². The first-order chi connectivity index (χ1) is 12.4. The molecule has 26 heavy (non-hydrogen) atoms. The van der Waals surface area contributed by atoms with Gasteiger partial charge in [-0.1, -0.05) is 43.3 Å². The van der Waals surface area contributed by atoms with Crippen molar-refractivity contribution < 1.29 is 13.2 Å². The normalized spacial score (nSPS) is 11.5. The number of sulfonamides is 1. The molecule has 0 heterocycles. The van der Waals surface area contributed by atoms with Gasteiger partial charge in [-0.3, -0.25) is 4.79 Å². The Bertz CT molecular complexity index is 823. The Morgan fingerprint density at radius 1 is 1.08 bits per heavy atom. The van der Waals surface area contributed by atoms with Crippen molar-refractivity contribution in [2.45, 2.75) is 18.4 Å². The van der Waals surface area contributed by atoms with Gasteiger partial charge in [-0.05, 0) is 37.4 Å². The van der Waals surface area contributed by atoms with Gasteiger partial charge in [0.1, 0.15) is 0 Å². The fraction of sp³-hybridized carbons (Fsp3) is 0.316. The number of rotatable bonds is 9. The summed E-state index contributed by atoms with van der Waals surface area (Å²) >= 11 is 0. The zero-order valence-electron chi connectivity index (χ0n) is 15.1. The highest BCUT2D eigenvalue weighted by Gasteiger charge is 2.16. The monoisotopic (exact) mass is 375 g/mol. The van der Waals surface area contributed by atoms with Crippen molar-refractivity contribution >= 4 is 15.9 Å². The van der Waals surface area contributed by atoms with Crippen LogP contribution in [0.5, 0.6) is 0 Å². The number of carbonyl (C=O) groups excluding carboxylic acids is 1. The molecule has 0 saturated carbocycles. The Balaban J connectivity index is 2.01. The largest absolute Gasteiger partial charge is 0.351 e. The molecule has 2 aromatic rings. The van der Waals surface area contributed by atoms with Crippen molar-refractivity contribution in [3.8, 4) is 0 Å². The van der Waals surface area contributed by atoms with Crippen LogP contribution in [0.1, 0.15) is 22.8 Å². The van der Waals surface area contributed by atoms with Crippen molar-refractivity contribution in [2.75, 3.05) is 26.7 Å². The van der Waals surface area contributed by atoms with E-state index in [0.29, 0.717) is 12.1 Å². The number of hydrogen-bond acceptors (Lipinski definition) is 4. The minimum absolute atomic E-state index is 0.0757. The Labute approximate surface area is 155 Å². The maximum absolute atomic E-state index is 12.5. The number of nitrogens with one attached hydrogen (secondary N) is 2. The molecule has 0 aliphatic heterocycles. The molecule has 1 amide bonds. The van der Waals surface area contributed by atoms with E-state index >= 15 is 0 Å². The van der Waals surface area contributed by atoms with Crippen molar-refractivity contribution in [3.05, 3.63) is 65.7 Å². The first-order valence-corrected chi connectivity index (χ1v) is 10.0. The molecule has 140 valence electrons. The summed E-state index contributed by atoms with van der Waals surface area (Å²) in [5.74, 6) is -0.283. The van der Waals surface area contributed by atoms with E-state index in [1.807, 2.05) is 44.3 Å². The summed E-state index contributed by atoms with van der Waals surface area (Å²) in [6.45, 7) is 4.38. The fourth-order valence-electron chi connectivity index (χ4n) is 2.28. The fourth-order valence-corrected chi connectivity index (χ4v) is 3.35. The van der Waals surface area contributed by atoms with Crippen LogP contribution in [0.25, 0.3) is 0 Å². The number of benzene rings is 2. The molecule has 0 fully saturated rings. The smallest absolute Gasteiger partial charge is 0.251 e. The first-order valence-electron chi connectivity index (χ1n) is 8.53. The van der Waals surface area contributed by atoms with Crippen LogP contribution in [-0.2, 0) is 16.6 Å². The van der Waals surface area contributed by atoms with Crippen LogP contribution in [-0.4, -0.2) is 45.9 Å². The molecule has 2 N–H and O–H groups in total. The average molecular weight is 375 g/mol. The van der Waals surface area contributed by atoms with Crippen LogP contribution in [0.3, 0.4) is 0 Å². The van der Waals surface area contributed by atoms with Gasteiger partial charge in [-0.2, -0.15) is 0 Å². The van der Waals surface area contributed by atoms with Crippen LogP contribution in [0, 0.1) is 0 Å². The van der Waals surface area contributed by atoms with Gasteiger partial charge >= 0.3 is 0 Å². The third kappa shape index (κ3) is 5.94. The lowest BCUT2D eigenvalue weighted by atomic mass is 10.2. The Morgan fingerprint density at radius 3 is 2.50 bits per heavy atom. The molecule has 2 aromatic carbocycles. The molecule has 0 unspecified atom stereocenters. The van der Waals surface area contributed by atoms with E-state index in [-0.39, 0.29) is 17.3 Å². The predicted octanol–water partition coefficient (Wildman–Crippen LogP) is 1.85. The SMILES string of the molecule is CCN(C)CCNC(=O)c1cccc(S(=O)(=O)NCc2ccccc2)c1. The highest BCUT2D eigenvalue weighted by molar-refractivity contribution is 7.89. The quantitative estimate of drug-likeness (QED) is 0.701. The van der Waals surface area contributed by atoms with Crippen LogP contribution >= 0.6 is 0 Å². The molecule has 0 aliphatic rings. The molecule has 0 atom stereocenters. The van der Waals surface area contributed by atoms with E-state index in [1.54, 1.807) is 12.1 Å². The molecule has 0 aliphatic carbocycles. The van der Waals surface area contributed by atoms with Crippen molar-refractivity contribution in [2.24, 2.45) is 0 Å². The summed E-state index contributed by atoms with van der Waals surface area (Å²) in [6.07, 6.45) is 0. The zero-order valence-corrected chi connectivity index (χ0v) is 15.9. The number of likely N-dealkylation sites (N-methyl/N-ethyl adjacent to an activating group) is 1. The van der Waals surface area contributed by atoms with Crippen LogP contribution in [0.4, 0.5) is 0 Å². The lowest BCUT2D eigenvalue weighted by Gasteiger charge is -2.14. The van der Waals surface area contributed by atoms with Crippen LogP contribution < -0.4 is 10.0 Å². The third-order valence-electron chi connectivity index (χ3n) is 4.03. The summed E-state index contributed by atoms with van der Waals surface area (Å²) in [4.78, 5) is 14.4. The second-order valence-electron chi connectivity index (χ2n) is 5.99. The predicted molar refractivity (Wildman–Crippen MR) is 102 cm³/mol. The average Bonchev–Trinajstić information content (AvgIpc) is 2.67. The molecule has 0 saturated heterocycles. The molecule has 0 radical (unpaired) electrons. The topological polar surface area (TPSA) is 78.5 Å². The van der Waals surface area contributed by atoms with Crippen LogP contribution in [0.15, 0.2) is 59.5 Å². The van der Waals surface area contributed by atoms with Crippen LogP contribution in [0.2, 0.25) is 0 Å². The Morgan fingerprint density at radius 2 is 1.81 bits per heavy atom. The van der Waals surface area contributed by atoms with E-state index in [9.17, 15) is 13.2 Å². The molecule has 7 heteroatoms. The van der Waals surface area contributed by atoms with E-state index < -0.39 is 10.0 Å². The van der Waals surface area contributed by atoms with Gasteiger partial charge in [0.15, 0.2) is 0 Å². The Kier molecular flexibility index (Phi) is 7.32. The maximum Gasteiger partial charge on any atom is 0.251 e. The molecule has 0 spiro atoms. The highest BCUT2D eigenvalue weighted by atomic mass is 32.2. The maximum atomic E-state index is 12.5. The highest BCUT2D eigenvalue weighted by Crippen LogP contribution is 2.12. The summed E-state index contributed by atoms with van der Waals surface area (Å²) in [5, 5.41) is 2.80. The third-order valence-corrected chi connectivity index (χ3v) is 5.43. The molecular weight excluding hydrogens is 350 g/mol. The van der Waals surface area contributed by atoms with E-state index in [2.05, 4.69) is 14.9 Å². The summed E-state index contributed by atoms with van der Waals surface area (Å²) < 4.78 is 27.5. The standard InChI is InChI=1S/C19H25N3O3S/c1-3-22(2)13-12-20-19(23)17-10-7-11-18(14-17)26(24,25)21-15-16-8-5-4-6-9-16/h4-11,14,21H,3,12-13,15H2,1-2H3,(H,20,23). The number of carbonyl (C=O) groups is 1. The Hall–Kier alpha value is -2.22. The van der Waals surface area contributed by atoms with Gasteiger partial charge in [-0.25, -0.2) is 13.1 Å². The number of hydrogen-bond donors (Lipinski definition) is 2. The second kappa shape index (κ2) is 9.47. The lowest BCUT2D eigenvalue weighted by molar-refractivity contribution is 0.0950. The minimum Gasteiger partial charge on any atom is -0.351 e. The van der Waals surface area contributed by atoms with Gasteiger partial charge in [0.05, 0.1) is 4.90 Å². The van der Waals surface area contributed by atoms with Gasteiger partial charge in [0.2, 0.25) is 10.0 Å². The minimum atomic E-state index is -3.69. The summed E-state index contributed by atoms with van der Waals surface area (Å²) in [7, 11) is -1.72. The first kappa shape index (κ1) is 20.1. The summed E-state index contributed by atoms with van der Waals surface area (Å²) in [6, 6.07) is 15.3. The molecule has 0 aromatic heterocycles. The summed E-state index contributed by atoms with van der Waals surface area (Å²) in [5.41, 5.74) is 1.19. The molecule has 6 nitrogen and oxygen atoms in total. The molecule has 0 bridgehead atoms. The van der Waals surface area contributed by atoms with Crippen molar-refractivity contribution in [1.29, 1.82) is 0 Å². The van der Waals surface area contributed by atoms with E-state index in [4.69, 9.17) is 0 Å². The van der Waals surface area contributed by atoms with Crippen molar-refractivity contribution in [3.63, 3.8) is 0 Å². The second-order valence-corrected chi connectivity index (χ2v) is 7.76. The van der Waals surface area contributed by atoms with Gasteiger partial charge in [-0.15, -0.1) is 0 Å². The van der Waals surface area contributed by atoms with Gasteiger partial charge < -0.3 is 10.2 Å². The molecular formula is C19H25N3O3S.